The Bertz CT molecular complexity index is 1250. The molecular formula is C25H30FN3O4S. The Hall–Kier alpha value is -2.65. The van der Waals surface area contributed by atoms with Crippen molar-refractivity contribution in [1.82, 2.24) is 4.72 Å². The van der Waals surface area contributed by atoms with Gasteiger partial charge in [0.05, 0.1) is 10.9 Å². The molecule has 9 heteroatoms. The quantitative estimate of drug-likeness (QED) is 0.457. The van der Waals surface area contributed by atoms with Crippen molar-refractivity contribution >= 4 is 27.4 Å². The van der Waals surface area contributed by atoms with Crippen LogP contribution in [0.3, 0.4) is 0 Å². The van der Waals surface area contributed by atoms with Crippen molar-refractivity contribution in [2.45, 2.75) is 80.3 Å². The van der Waals surface area contributed by atoms with Gasteiger partial charge in [-0.25, -0.2) is 22.3 Å². The molecule has 4 N–H and O–H groups in total. The van der Waals surface area contributed by atoms with Gasteiger partial charge in [-0.05, 0) is 85.0 Å². The van der Waals surface area contributed by atoms with Crippen LogP contribution in [0.5, 0.6) is 0 Å². The fourth-order valence-electron chi connectivity index (χ4n) is 4.93. The van der Waals surface area contributed by atoms with E-state index in [9.17, 15) is 22.7 Å². The topological polar surface area (TPSA) is 108 Å². The summed E-state index contributed by atoms with van der Waals surface area (Å²) in [6, 6.07) is 9.51. The molecule has 5 rings (SSSR count). The molecular weight excluding hydrogens is 457 g/mol. The summed E-state index contributed by atoms with van der Waals surface area (Å²) in [4.78, 5) is 11.8. The molecule has 0 spiro atoms. The number of carboxylic acid groups (broad SMARTS) is 1. The molecule has 0 bridgehead atoms. The molecule has 2 fully saturated rings. The van der Waals surface area contributed by atoms with E-state index >= 15 is 0 Å². The Morgan fingerprint density at radius 2 is 1.88 bits per heavy atom. The first-order chi connectivity index (χ1) is 16.0. The van der Waals surface area contributed by atoms with E-state index in [-0.39, 0.29) is 22.4 Å². The predicted octanol–water partition coefficient (Wildman–Crippen LogP) is 4.52. The maximum Gasteiger partial charge on any atom is 0.329 e. The maximum atomic E-state index is 14.5. The molecule has 1 heterocycles. The summed E-state index contributed by atoms with van der Waals surface area (Å²) in [6.45, 7) is 4.11. The largest absolute Gasteiger partial charge is 0.480 e. The third-order valence-corrected chi connectivity index (χ3v) is 8.89. The number of carbonyl (C=O) groups is 1. The van der Waals surface area contributed by atoms with Crippen molar-refractivity contribution in [1.29, 1.82) is 0 Å². The van der Waals surface area contributed by atoms with Crippen LogP contribution in [-0.2, 0) is 20.2 Å². The molecule has 1 unspecified atom stereocenters. The van der Waals surface area contributed by atoms with E-state index in [0.29, 0.717) is 30.5 Å². The minimum Gasteiger partial charge on any atom is -0.480 e. The summed E-state index contributed by atoms with van der Waals surface area (Å²) < 4.78 is 43.0. The molecule has 2 aromatic rings. The number of benzene rings is 2. The lowest BCUT2D eigenvalue weighted by Gasteiger charge is -2.39. The SMILES string of the molecule is CC1(C)CC(c2cc(F)cc(NC3(C(=O)O)CC3)c2)Nc2ccc(S(=O)(=O)NC3CCC3)cc21. The van der Waals surface area contributed by atoms with Crippen LogP contribution in [0.1, 0.15) is 69.5 Å². The fraction of sp³-hybridized carbons (Fsp3) is 0.480. The second-order valence-corrected chi connectivity index (χ2v) is 12.2. The first-order valence-electron chi connectivity index (χ1n) is 11.7. The van der Waals surface area contributed by atoms with Crippen LogP contribution < -0.4 is 15.4 Å². The summed E-state index contributed by atoms with van der Waals surface area (Å²) in [5.41, 5.74) is 1.50. The van der Waals surface area contributed by atoms with Crippen LogP contribution in [0.15, 0.2) is 41.3 Å². The lowest BCUT2D eigenvalue weighted by atomic mass is 9.74. The summed E-state index contributed by atoms with van der Waals surface area (Å²) in [6.07, 6.45) is 4.43. The summed E-state index contributed by atoms with van der Waals surface area (Å²) in [5, 5.41) is 15.9. The van der Waals surface area contributed by atoms with E-state index < -0.39 is 27.3 Å². The Morgan fingerprint density at radius 1 is 1.15 bits per heavy atom. The Labute approximate surface area is 199 Å². The molecule has 3 aliphatic rings. The first kappa shape index (κ1) is 23.1. The van der Waals surface area contributed by atoms with Crippen molar-refractivity contribution in [3.8, 4) is 0 Å². The average Bonchev–Trinajstić information content (AvgIpc) is 3.50. The van der Waals surface area contributed by atoms with Crippen molar-refractivity contribution in [3.05, 3.63) is 53.3 Å². The summed E-state index contributed by atoms with van der Waals surface area (Å²) in [7, 11) is -3.58. The maximum absolute atomic E-state index is 14.5. The smallest absolute Gasteiger partial charge is 0.329 e. The van der Waals surface area contributed by atoms with Gasteiger partial charge in [-0.3, -0.25) is 0 Å². The van der Waals surface area contributed by atoms with Gasteiger partial charge in [0, 0.05) is 17.4 Å². The molecule has 34 heavy (non-hydrogen) atoms. The van der Waals surface area contributed by atoms with Crippen molar-refractivity contribution < 1.29 is 22.7 Å². The first-order valence-corrected chi connectivity index (χ1v) is 13.2. The number of anilines is 2. The van der Waals surface area contributed by atoms with Crippen LogP contribution in [0.25, 0.3) is 0 Å². The zero-order valence-electron chi connectivity index (χ0n) is 19.3. The zero-order chi connectivity index (χ0) is 24.3. The van der Waals surface area contributed by atoms with Crippen LogP contribution in [0, 0.1) is 5.82 Å². The lowest BCUT2D eigenvalue weighted by molar-refractivity contribution is -0.138. The van der Waals surface area contributed by atoms with Crippen molar-refractivity contribution in [2.24, 2.45) is 0 Å². The number of hydrogen-bond acceptors (Lipinski definition) is 5. The highest BCUT2D eigenvalue weighted by molar-refractivity contribution is 7.89. The molecule has 0 amide bonds. The number of aliphatic carboxylic acids is 1. The van der Waals surface area contributed by atoms with Gasteiger partial charge in [0.25, 0.3) is 0 Å². The number of rotatable bonds is 7. The highest BCUT2D eigenvalue weighted by Crippen LogP contribution is 2.46. The number of nitrogens with one attached hydrogen (secondary N) is 3. The fourth-order valence-corrected chi connectivity index (χ4v) is 6.26. The standard InChI is InChI=1S/C25H30FN3O4S/c1-24(2)14-22(15-10-16(26)12-18(11-15)28-25(8-9-25)23(30)31)27-21-7-6-19(13-20(21)24)34(32,33)29-17-4-3-5-17/h6-7,10-13,17,22,27-29H,3-5,8-9,14H2,1-2H3,(H,30,31). The molecule has 1 atom stereocenters. The van der Waals surface area contributed by atoms with E-state index in [1.165, 1.54) is 12.1 Å². The predicted molar refractivity (Wildman–Crippen MR) is 128 cm³/mol. The van der Waals surface area contributed by atoms with Gasteiger partial charge in [0.2, 0.25) is 10.0 Å². The highest BCUT2D eigenvalue weighted by Gasteiger charge is 2.50. The van der Waals surface area contributed by atoms with Crippen LogP contribution in [0.4, 0.5) is 15.8 Å². The average molecular weight is 488 g/mol. The zero-order valence-corrected chi connectivity index (χ0v) is 20.1. The minimum absolute atomic E-state index is 0.0169. The summed E-state index contributed by atoms with van der Waals surface area (Å²) in [5.74, 6) is -1.36. The van der Waals surface area contributed by atoms with Gasteiger partial charge >= 0.3 is 5.97 Å². The third-order valence-electron chi connectivity index (χ3n) is 7.37. The Balaban J connectivity index is 1.42. The van der Waals surface area contributed by atoms with E-state index in [4.69, 9.17) is 0 Å². The van der Waals surface area contributed by atoms with Gasteiger partial charge in [-0.15, -0.1) is 0 Å². The Morgan fingerprint density at radius 3 is 2.50 bits per heavy atom. The van der Waals surface area contributed by atoms with Crippen LogP contribution in [-0.4, -0.2) is 31.1 Å². The van der Waals surface area contributed by atoms with Gasteiger partial charge < -0.3 is 15.7 Å². The number of halogens is 1. The third kappa shape index (κ3) is 4.27. The molecule has 0 saturated heterocycles. The summed E-state index contributed by atoms with van der Waals surface area (Å²) >= 11 is 0. The van der Waals surface area contributed by atoms with Crippen molar-refractivity contribution in [2.75, 3.05) is 10.6 Å². The molecule has 0 aromatic heterocycles. The number of carboxylic acids is 1. The van der Waals surface area contributed by atoms with Crippen molar-refractivity contribution in [3.63, 3.8) is 0 Å². The van der Waals surface area contributed by atoms with E-state index in [0.717, 1.165) is 30.5 Å². The monoisotopic (exact) mass is 487 g/mol. The minimum atomic E-state index is -3.58. The molecule has 1 aliphatic heterocycles. The molecule has 2 aromatic carbocycles. The second-order valence-electron chi connectivity index (χ2n) is 10.5. The normalized spacial score (nSPS) is 22.7. The lowest BCUT2D eigenvalue weighted by Crippen LogP contribution is -2.39. The van der Waals surface area contributed by atoms with Gasteiger partial charge in [0.1, 0.15) is 11.4 Å². The van der Waals surface area contributed by atoms with Crippen LogP contribution in [0.2, 0.25) is 0 Å². The van der Waals surface area contributed by atoms with E-state index in [1.807, 2.05) is 0 Å². The molecule has 2 aliphatic carbocycles. The number of fused-ring (bicyclic) bond motifs is 1. The number of sulfonamides is 1. The highest BCUT2D eigenvalue weighted by atomic mass is 32.2. The van der Waals surface area contributed by atoms with Crippen LogP contribution >= 0.6 is 0 Å². The second kappa shape index (κ2) is 7.95. The van der Waals surface area contributed by atoms with Gasteiger partial charge in [-0.1, -0.05) is 20.3 Å². The molecule has 182 valence electrons. The van der Waals surface area contributed by atoms with Gasteiger partial charge in [-0.2, -0.15) is 0 Å². The number of hydrogen-bond donors (Lipinski definition) is 4. The molecule has 2 saturated carbocycles. The molecule has 0 radical (unpaired) electrons. The van der Waals surface area contributed by atoms with E-state index in [2.05, 4.69) is 29.2 Å². The van der Waals surface area contributed by atoms with E-state index in [1.54, 1.807) is 24.3 Å². The van der Waals surface area contributed by atoms with Gasteiger partial charge in [0.15, 0.2) is 0 Å². The Kier molecular flexibility index (Phi) is 5.40. The molecule has 7 nitrogen and oxygen atoms in total.